The molecule has 2 rings (SSSR count). The van der Waals surface area contributed by atoms with Crippen LogP contribution in [0.2, 0.25) is 0 Å². The number of rotatable bonds is 4. The molecule has 20 heavy (non-hydrogen) atoms. The number of benzene rings is 1. The molecular weight excluding hydrogens is 250 g/mol. The molecule has 0 aliphatic rings. The van der Waals surface area contributed by atoms with Gasteiger partial charge in [-0.1, -0.05) is 32.0 Å². The van der Waals surface area contributed by atoms with Crippen LogP contribution in [0.5, 0.6) is 0 Å². The zero-order valence-corrected chi connectivity index (χ0v) is 12.9. The number of carbonyl (C=O) groups excluding carboxylic acids is 1. The summed E-state index contributed by atoms with van der Waals surface area (Å²) in [6, 6.07) is 7.96. The van der Waals surface area contributed by atoms with Crippen LogP contribution in [0.3, 0.4) is 0 Å². The summed E-state index contributed by atoms with van der Waals surface area (Å²) in [5.74, 6) is 0.119. The van der Waals surface area contributed by atoms with Crippen molar-refractivity contribution in [3.8, 4) is 0 Å². The molecule has 2 N–H and O–H groups in total. The number of para-hydroxylation sites is 1. The van der Waals surface area contributed by atoms with E-state index in [0.29, 0.717) is 6.42 Å². The zero-order valence-electron chi connectivity index (χ0n) is 12.9. The minimum Gasteiger partial charge on any atom is -0.325 e. The fraction of sp³-hybridized carbons (Fsp3) is 0.500. The van der Waals surface area contributed by atoms with Crippen LogP contribution in [0.4, 0.5) is 0 Å². The number of hydrogen-bond donors (Lipinski definition) is 1. The lowest BCUT2D eigenvalue weighted by molar-refractivity contribution is -0.129. The third-order valence-electron chi connectivity index (χ3n) is 4.47. The van der Waals surface area contributed by atoms with Crippen molar-refractivity contribution in [2.24, 2.45) is 18.2 Å². The maximum absolute atomic E-state index is 12.6. The predicted molar refractivity (Wildman–Crippen MR) is 81.5 cm³/mol. The quantitative estimate of drug-likeness (QED) is 0.930. The lowest BCUT2D eigenvalue weighted by Crippen LogP contribution is -2.52. The molecule has 0 amide bonds. The van der Waals surface area contributed by atoms with Crippen LogP contribution in [0, 0.1) is 5.41 Å². The van der Waals surface area contributed by atoms with Crippen molar-refractivity contribution < 1.29 is 4.79 Å². The number of nitrogens with zero attached hydrogens (tertiary/aromatic N) is 2. The highest BCUT2D eigenvalue weighted by atomic mass is 16.1. The number of ketones is 1. The first-order chi connectivity index (χ1) is 9.14. The molecular formula is C16H23N3O. The Morgan fingerprint density at radius 3 is 2.45 bits per heavy atom. The van der Waals surface area contributed by atoms with E-state index in [1.54, 1.807) is 0 Å². The van der Waals surface area contributed by atoms with Gasteiger partial charge in [0.15, 0.2) is 0 Å². The van der Waals surface area contributed by atoms with Crippen LogP contribution in [0.15, 0.2) is 24.3 Å². The van der Waals surface area contributed by atoms with E-state index in [1.807, 2.05) is 63.7 Å². The summed E-state index contributed by atoms with van der Waals surface area (Å²) in [6.45, 7) is 7.59. The Labute approximate surface area is 120 Å². The van der Waals surface area contributed by atoms with Gasteiger partial charge >= 0.3 is 0 Å². The molecule has 0 bridgehead atoms. The molecule has 1 heterocycles. The second-order valence-electron chi connectivity index (χ2n) is 6.53. The molecule has 1 aromatic heterocycles. The van der Waals surface area contributed by atoms with Gasteiger partial charge < -0.3 is 5.73 Å². The van der Waals surface area contributed by atoms with Crippen molar-refractivity contribution in [1.82, 2.24) is 9.78 Å². The lowest BCUT2D eigenvalue weighted by atomic mass is 9.71. The summed E-state index contributed by atoms with van der Waals surface area (Å²) < 4.78 is 1.82. The number of nitrogens with two attached hydrogens (primary N) is 1. The Morgan fingerprint density at radius 1 is 1.25 bits per heavy atom. The molecule has 0 atom stereocenters. The second-order valence-corrected chi connectivity index (χ2v) is 6.53. The molecule has 2 aromatic rings. The number of fused-ring (bicyclic) bond motifs is 1. The van der Waals surface area contributed by atoms with Crippen molar-refractivity contribution in [3.05, 3.63) is 30.0 Å². The Hall–Kier alpha value is -1.68. The van der Waals surface area contributed by atoms with Gasteiger partial charge in [0.25, 0.3) is 0 Å². The normalized spacial score (nSPS) is 12.9. The Morgan fingerprint density at radius 2 is 1.85 bits per heavy atom. The van der Waals surface area contributed by atoms with Gasteiger partial charge in [0.2, 0.25) is 0 Å². The largest absolute Gasteiger partial charge is 0.325 e. The van der Waals surface area contributed by atoms with E-state index in [-0.39, 0.29) is 5.78 Å². The van der Waals surface area contributed by atoms with Crippen molar-refractivity contribution in [1.29, 1.82) is 0 Å². The smallest absolute Gasteiger partial charge is 0.146 e. The van der Waals surface area contributed by atoms with E-state index in [0.717, 1.165) is 16.6 Å². The van der Waals surface area contributed by atoms with Gasteiger partial charge in [0, 0.05) is 23.4 Å². The van der Waals surface area contributed by atoms with Crippen LogP contribution in [-0.4, -0.2) is 21.1 Å². The van der Waals surface area contributed by atoms with Gasteiger partial charge in [-0.05, 0) is 19.9 Å². The number of aryl methyl sites for hydroxylation is 1. The number of carbonyl (C=O) groups is 1. The van der Waals surface area contributed by atoms with Crippen LogP contribution >= 0.6 is 0 Å². The number of hydrogen-bond acceptors (Lipinski definition) is 3. The molecule has 4 nitrogen and oxygen atoms in total. The van der Waals surface area contributed by atoms with Crippen LogP contribution < -0.4 is 5.73 Å². The number of Topliss-reactive ketones (excluding diaryl/α,β-unsaturated/α-hetero) is 1. The molecule has 4 heteroatoms. The Kier molecular flexibility index (Phi) is 3.46. The van der Waals surface area contributed by atoms with E-state index in [2.05, 4.69) is 5.10 Å². The molecule has 0 aliphatic carbocycles. The monoisotopic (exact) mass is 273 g/mol. The van der Waals surface area contributed by atoms with E-state index < -0.39 is 11.0 Å². The average molecular weight is 273 g/mol. The molecule has 0 spiro atoms. The third kappa shape index (κ3) is 2.36. The molecule has 0 unspecified atom stereocenters. The van der Waals surface area contributed by atoms with Crippen LogP contribution in [-0.2, 0) is 18.3 Å². The first-order valence-electron chi connectivity index (χ1n) is 6.87. The lowest BCUT2D eigenvalue weighted by Gasteiger charge is -2.37. The molecule has 0 radical (unpaired) electrons. The molecule has 0 aliphatic heterocycles. The third-order valence-corrected chi connectivity index (χ3v) is 4.47. The van der Waals surface area contributed by atoms with E-state index in [9.17, 15) is 4.79 Å². The van der Waals surface area contributed by atoms with Gasteiger partial charge in [-0.3, -0.25) is 9.48 Å². The van der Waals surface area contributed by atoms with Gasteiger partial charge in [0.1, 0.15) is 5.78 Å². The van der Waals surface area contributed by atoms with Gasteiger partial charge in [-0.25, -0.2) is 0 Å². The summed E-state index contributed by atoms with van der Waals surface area (Å²) in [5.41, 5.74) is 6.85. The first-order valence-corrected chi connectivity index (χ1v) is 6.87. The van der Waals surface area contributed by atoms with Crippen molar-refractivity contribution >= 4 is 16.7 Å². The molecule has 0 fully saturated rings. The van der Waals surface area contributed by atoms with Crippen LogP contribution in [0.1, 0.15) is 33.4 Å². The Balaban J connectivity index is 2.36. The molecule has 0 saturated heterocycles. The Bertz CT molecular complexity index is 647. The summed E-state index contributed by atoms with van der Waals surface area (Å²) in [5, 5.41) is 5.52. The predicted octanol–water partition coefficient (Wildman–Crippen LogP) is 2.45. The zero-order chi connectivity index (χ0) is 15.1. The van der Waals surface area contributed by atoms with E-state index in [4.69, 9.17) is 5.73 Å². The average Bonchev–Trinajstić information content (AvgIpc) is 2.65. The number of aromatic nitrogens is 2. The molecule has 108 valence electrons. The summed E-state index contributed by atoms with van der Waals surface area (Å²) >= 11 is 0. The summed E-state index contributed by atoms with van der Waals surface area (Å²) in [7, 11) is 1.90. The highest BCUT2D eigenvalue weighted by molar-refractivity contribution is 5.91. The first kappa shape index (κ1) is 14.7. The maximum Gasteiger partial charge on any atom is 0.146 e. The van der Waals surface area contributed by atoms with Crippen molar-refractivity contribution in [2.45, 2.75) is 39.7 Å². The standard InChI is InChI=1S/C16H23N3O/c1-15(2,16(3,4)17)14(20)10-12-11-8-6-7-9-13(11)19(5)18-12/h6-9H,10,17H2,1-5H3. The van der Waals surface area contributed by atoms with Gasteiger partial charge in [-0.15, -0.1) is 0 Å². The minimum absolute atomic E-state index is 0.119. The maximum atomic E-state index is 12.6. The fourth-order valence-corrected chi connectivity index (χ4v) is 2.15. The van der Waals surface area contributed by atoms with Gasteiger partial charge in [0.05, 0.1) is 17.6 Å². The SMILES string of the molecule is Cn1nc(CC(=O)C(C)(C)C(C)(C)N)c2ccccc21. The summed E-state index contributed by atoms with van der Waals surface area (Å²) in [4.78, 5) is 12.6. The second kappa shape index (κ2) is 4.70. The molecule has 1 aromatic carbocycles. The highest BCUT2D eigenvalue weighted by Crippen LogP contribution is 2.31. The van der Waals surface area contributed by atoms with Gasteiger partial charge in [-0.2, -0.15) is 5.10 Å². The van der Waals surface area contributed by atoms with Crippen molar-refractivity contribution in [3.63, 3.8) is 0 Å². The topological polar surface area (TPSA) is 60.9 Å². The minimum atomic E-state index is -0.592. The summed E-state index contributed by atoms with van der Waals surface area (Å²) in [6.07, 6.45) is 0.314. The molecule has 0 saturated carbocycles. The van der Waals surface area contributed by atoms with Crippen LogP contribution in [0.25, 0.3) is 10.9 Å². The van der Waals surface area contributed by atoms with E-state index >= 15 is 0 Å². The highest BCUT2D eigenvalue weighted by Gasteiger charge is 2.40. The fourth-order valence-electron chi connectivity index (χ4n) is 2.15. The van der Waals surface area contributed by atoms with Crippen molar-refractivity contribution in [2.75, 3.05) is 0 Å². The van der Waals surface area contributed by atoms with E-state index in [1.165, 1.54) is 0 Å².